The first-order valence-corrected chi connectivity index (χ1v) is 11.4. The predicted molar refractivity (Wildman–Crippen MR) is 115 cm³/mol. The number of hydrogen-bond donors (Lipinski definition) is 0. The molecule has 1 aliphatic rings. The van der Waals surface area contributed by atoms with Crippen LogP contribution in [-0.2, 0) is 4.79 Å². The van der Waals surface area contributed by atoms with Gasteiger partial charge in [-0.3, -0.25) is 9.36 Å². The van der Waals surface area contributed by atoms with E-state index in [9.17, 15) is 9.18 Å². The highest BCUT2D eigenvalue weighted by Crippen LogP contribution is 2.39. The molecule has 0 aliphatic carbocycles. The van der Waals surface area contributed by atoms with E-state index in [1.165, 1.54) is 17.8 Å². The minimum atomic E-state index is -0.278. The van der Waals surface area contributed by atoms with Crippen LogP contribution in [0.2, 0.25) is 0 Å². The van der Waals surface area contributed by atoms with Crippen LogP contribution in [-0.4, -0.2) is 43.6 Å². The quantitative estimate of drug-likeness (QED) is 0.564. The lowest BCUT2D eigenvalue weighted by molar-refractivity contribution is -0.128. The van der Waals surface area contributed by atoms with Crippen molar-refractivity contribution in [2.24, 2.45) is 0 Å². The molecular formula is C21H21FN4OS2. The summed E-state index contributed by atoms with van der Waals surface area (Å²) in [7, 11) is 0. The van der Waals surface area contributed by atoms with Crippen LogP contribution in [0, 0.1) is 19.7 Å². The zero-order chi connectivity index (χ0) is 20.4. The van der Waals surface area contributed by atoms with Crippen LogP contribution in [0.5, 0.6) is 0 Å². The number of thioether (sulfide) groups is 2. The summed E-state index contributed by atoms with van der Waals surface area (Å²) in [4.78, 5) is 14.7. The summed E-state index contributed by atoms with van der Waals surface area (Å²) in [5, 5.41) is 8.86. The van der Waals surface area contributed by atoms with Crippen molar-refractivity contribution in [3.8, 4) is 5.69 Å². The molecule has 1 aliphatic heterocycles. The Bertz CT molecular complexity index is 1040. The molecule has 2 aromatic carbocycles. The second kappa shape index (κ2) is 8.59. The Labute approximate surface area is 177 Å². The van der Waals surface area contributed by atoms with Crippen LogP contribution in [0.25, 0.3) is 5.69 Å². The van der Waals surface area contributed by atoms with E-state index in [2.05, 4.69) is 10.2 Å². The maximum atomic E-state index is 14.2. The van der Waals surface area contributed by atoms with Crippen LogP contribution in [0.15, 0.2) is 53.7 Å². The molecule has 0 unspecified atom stereocenters. The molecule has 3 aromatic rings. The van der Waals surface area contributed by atoms with Gasteiger partial charge in [-0.1, -0.05) is 48.2 Å². The summed E-state index contributed by atoms with van der Waals surface area (Å²) < 4.78 is 16.2. The van der Waals surface area contributed by atoms with E-state index in [0.717, 1.165) is 22.8 Å². The molecule has 1 aromatic heterocycles. The monoisotopic (exact) mass is 428 g/mol. The Hall–Kier alpha value is -2.32. The van der Waals surface area contributed by atoms with Gasteiger partial charge in [-0.2, -0.15) is 0 Å². The second-order valence-electron chi connectivity index (χ2n) is 6.77. The Balaban J connectivity index is 1.51. The number of nitrogens with zero attached hydrogens (tertiary/aromatic N) is 4. The number of rotatable bonds is 5. The lowest BCUT2D eigenvalue weighted by atomic mass is 10.2. The molecule has 0 N–H and O–H groups in total. The van der Waals surface area contributed by atoms with Crippen LogP contribution >= 0.6 is 23.5 Å². The molecule has 1 fully saturated rings. The van der Waals surface area contributed by atoms with Crippen molar-refractivity contribution in [1.29, 1.82) is 0 Å². The third-order valence-electron chi connectivity index (χ3n) is 4.86. The normalized spacial score (nSPS) is 16.4. The standard InChI is InChI=1S/C21H21FN4OS2/c1-14-7-3-6-10-18(14)26-15(2)23-24-21(26)29-13-19(27)25-11-12-28-20(25)16-8-4-5-9-17(16)22/h3-10,20H,11-13H2,1-2H3/t20-/m0/s1. The van der Waals surface area contributed by atoms with Crippen LogP contribution < -0.4 is 0 Å². The Kier molecular flexibility index (Phi) is 5.91. The van der Waals surface area contributed by atoms with Crippen LogP contribution in [0.1, 0.15) is 22.3 Å². The molecule has 0 radical (unpaired) electrons. The molecule has 4 rings (SSSR count). The van der Waals surface area contributed by atoms with Crippen molar-refractivity contribution in [1.82, 2.24) is 19.7 Å². The van der Waals surface area contributed by atoms with Crippen molar-refractivity contribution in [2.75, 3.05) is 18.1 Å². The number of para-hydroxylation sites is 1. The van der Waals surface area contributed by atoms with Crippen molar-refractivity contribution < 1.29 is 9.18 Å². The molecule has 2 heterocycles. The molecule has 0 spiro atoms. The van der Waals surface area contributed by atoms with E-state index in [0.29, 0.717) is 17.3 Å². The Morgan fingerprint density at radius 3 is 2.72 bits per heavy atom. The molecule has 5 nitrogen and oxygen atoms in total. The van der Waals surface area contributed by atoms with Crippen molar-refractivity contribution >= 4 is 29.4 Å². The first-order chi connectivity index (χ1) is 14.1. The summed E-state index contributed by atoms with van der Waals surface area (Å²) >= 11 is 2.96. The van der Waals surface area contributed by atoms with Gasteiger partial charge in [-0.15, -0.1) is 22.0 Å². The van der Waals surface area contributed by atoms with Gasteiger partial charge in [-0.05, 0) is 31.5 Å². The molecule has 8 heteroatoms. The lowest BCUT2D eigenvalue weighted by Crippen LogP contribution is -2.32. The molecular weight excluding hydrogens is 407 g/mol. The number of carbonyl (C=O) groups excluding carboxylic acids is 1. The molecule has 150 valence electrons. The van der Waals surface area contributed by atoms with E-state index in [1.807, 2.05) is 48.7 Å². The largest absolute Gasteiger partial charge is 0.325 e. The Morgan fingerprint density at radius 1 is 1.17 bits per heavy atom. The highest BCUT2D eigenvalue weighted by molar-refractivity contribution is 8.00. The molecule has 1 amide bonds. The number of amides is 1. The average Bonchev–Trinajstić information content (AvgIpc) is 3.34. The maximum Gasteiger partial charge on any atom is 0.234 e. The van der Waals surface area contributed by atoms with E-state index in [-0.39, 0.29) is 22.9 Å². The van der Waals surface area contributed by atoms with Gasteiger partial charge in [0.05, 0.1) is 11.4 Å². The molecule has 0 saturated carbocycles. The van der Waals surface area contributed by atoms with Gasteiger partial charge >= 0.3 is 0 Å². The third kappa shape index (κ3) is 4.04. The minimum Gasteiger partial charge on any atom is -0.325 e. The summed E-state index contributed by atoms with van der Waals surface area (Å²) in [5.74, 6) is 1.51. The highest BCUT2D eigenvalue weighted by atomic mass is 32.2. The maximum absolute atomic E-state index is 14.2. The van der Waals surface area contributed by atoms with Gasteiger partial charge in [0.1, 0.15) is 17.0 Å². The number of halogens is 1. The van der Waals surface area contributed by atoms with E-state index in [4.69, 9.17) is 0 Å². The number of carbonyl (C=O) groups is 1. The fourth-order valence-electron chi connectivity index (χ4n) is 3.40. The topological polar surface area (TPSA) is 51.0 Å². The molecule has 1 atom stereocenters. The third-order valence-corrected chi connectivity index (χ3v) is 7.02. The number of aromatic nitrogens is 3. The molecule has 1 saturated heterocycles. The second-order valence-corrected chi connectivity index (χ2v) is 8.90. The Morgan fingerprint density at radius 2 is 1.93 bits per heavy atom. The van der Waals surface area contributed by atoms with E-state index >= 15 is 0 Å². The van der Waals surface area contributed by atoms with Gasteiger partial charge in [0.2, 0.25) is 5.91 Å². The minimum absolute atomic E-state index is 0.0229. The SMILES string of the molecule is Cc1ccccc1-n1c(C)nnc1SCC(=O)N1CCS[C@H]1c1ccccc1F. The van der Waals surface area contributed by atoms with Crippen molar-refractivity contribution in [2.45, 2.75) is 24.4 Å². The van der Waals surface area contributed by atoms with Gasteiger partial charge in [0, 0.05) is 17.9 Å². The van der Waals surface area contributed by atoms with Crippen LogP contribution in [0.4, 0.5) is 4.39 Å². The van der Waals surface area contributed by atoms with Crippen LogP contribution in [0.3, 0.4) is 0 Å². The smallest absolute Gasteiger partial charge is 0.234 e. The van der Waals surface area contributed by atoms with Gasteiger partial charge in [-0.25, -0.2) is 4.39 Å². The average molecular weight is 429 g/mol. The summed E-state index contributed by atoms with van der Waals surface area (Å²) in [6, 6.07) is 14.7. The zero-order valence-corrected chi connectivity index (χ0v) is 17.8. The van der Waals surface area contributed by atoms with Crippen molar-refractivity contribution in [3.05, 3.63) is 71.3 Å². The van der Waals surface area contributed by atoms with Crippen molar-refractivity contribution in [3.63, 3.8) is 0 Å². The van der Waals surface area contributed by atoms with E-state index in [1.54, 1.807) is 28.8 Å². The number of benzene rings is 2. The number of hydrogen-bond acceptors (Lipinski definition) is 5. The first kappa shape index (κ1) is 20.0. The fourth-order valence-corrected chi connectivity index (χ4v) is 5.57. The molecule has 29 heavy (non-hydrogen) atoms. The predicted octanol–water partition coefficient (Wildman–Crippen LogP) is 4.39. The lowest BCUT2D eigenvalue weighted by Gasteiger charge is -2.24. The zero-order valence-electron chi connectivity index (χ0n) is 16.2. The summed E-state index contributed by atoms with van der Waals surface area (Å²) in [5.41, 5.74) is 2.68. The first-order valence-electron chi connectivity index (χ1n) is 9.32. The van der Waals surface area contributed by atoms with Gasteiger partial charge < -0.3 is 4.90 Å². The molecule has 0 bridgehead atoms. The summed E-state index contributed by atoms with van der Waals surface area (Å²) in [6.07, 6.45) is 0. The van der Waals surface area contributed by atoms with E-state index < -0.39 is 0 Å². The fraction of sp³-hybridized carbons (Fsp3) is 0.286. The highest BCUT2D eigenvalue weighted by Gasteiger charge is 2.32. The number of aryl methyl sites for hydroxylation is 2. The van der Waals surface area contributed by atoms with Gasteiger partial charge in [0.15, 0.2) is 5.16 Å². The summed E-state index contributed by atoms with van der Waals surface area (Å²) in [6.45, 7) is 4.55. The van der Waals surface area contributed by atoms with Gasteiger partial charge in [0.25, 0.3) is 0 Å².